The molecule has 1 aliphatic heterocycles. The van der Waals surface area contributed by atoms with E-state index in [1.807, 2.05) is 12.1 Å². The Morgan fingerprint density at radius 2 is 2.12 bits per heavy atom. The number of ether oxygens (including phenoxy) is 1. The Hall–Kier alpha value is -2.58. The molecule has 0 amide bonds. The maximum absolute atomic E-state index is 14.1. The van der Waals surface area contributed by atoms with Crippen LogP contribution in [0.1, 0.15) is 5.56 Å². The van der Waals surface area contributed by atoms with Gasteiger partial charge in [0.1, 0.15) is 11.6 Å². The Balaban J connectivity index is 1.80. The minimum atomic E-state index is -0.673. The van der Waals surface area contributed by atoms with Gasteiger partial charge in [-0.25, -0.2) is 9.40 Å². The fourth-order valence-electron chi connectivity index (χ4n) is 2.36. The lowest BCUT2D eigenvalue weighted by molar-refractivity contribution is 0.0673. The first-order chi connectivity index (χ1) is 12.0. The predicted molar refractivity (Wildman–Crippen MR) is 94.3 cm³/mol. The van der Waals surface area contributed by atoms with Gasteiger partial charge in [-0.05, 0) is 6.07 Å². The number of halogens is 1. The molecular weight excluding hydrogens is 325 g/mol. The van der Waals surface area contributed by atoms with E-state index in [4.69, 9.17) is 10.1 Å². The summed E-state index contributed by atoms with van der Waals surface area (Å²) in [7, 11) is 1.77. The lowest BCUT2D eigenvalue weighted by atomic mass is 10.2. The molecule has 4 N–H and O–H groups in total. The highest BCUT2D eigenvalue weighted by Gasteiger charge is 2.17. The van der Waals surface area contributed by atoms with Crippen LogP contribution >= 0.6 is 0 Å². The molecule has 1 heterocycles. The molecule has 0 aromatic heterocycles. The van der Waals surface area contributed by atoms with Gasteiger partial charge in [-0.2, -0.15) is 0 Å². The van der Waals surface area contributed by atoms with Crippen molar-refractivity contribution in [1.82, 2.24) is 20.7 Å². The maximum atomic E-state index is 14.1. The second-order valence-electron chi connectivity index (χ2n) is 5.66. The van der Waals surface area contributed by atoms with E-state index in [1.54, 1.807) is 29.1 Å². The summed E-state index contributed by atoms with van der Waals surface area (Å²) in [5.41, 5.74) is 3.68. The Bertz CT molecular complexity index is 644. The van der Waals surface area contributed by atoms with Crippen LogP contribution in [0.3, 0.4) is 0 Å². The summed E-state index contributed by atoms with van der Waals surface area (Å²) in [5, 5.41) is 22.0. The molecule has 0 spiro atoms. The van der Waals surface area contributed by atoms with Crippen LogP contribution in [0.2, 0.25) is 0 Å². The summed E-state index contributed by atoms with van der Waals surface area (Å²) < 4.78 is 19.2. The number of hydrogen-bond acceptors (Lipinski definition) is 6. The van der Waals surface area contributed by atoms with Gasteiger partial charge in [0.25, 0.3) is 0 Å². The average molecular weight is 349 g/mol. The van der Waals surface area contributed by atoms with Crippen molar-refractivity contribution >= 4 is 5.84 Å². The van der Waals surface area contributed by atoms with Gasteiger partial charge in [0.15, 0.2) is 11.7 Å². The summed E-state index contributed by atoms with van der Waals surface area (Å²) >= 11 is 0. The number of nitrogens with one attached hydrogen (secondary N) is 3. The molecule has 8 heteroatoms. The van der Waals surface area contributed by atoms with Crippen LogP contribution in [-0.2, 0) is 11.3 Å². The van der Waals surface area contributed by atoms with Gasteiger partial charge in [-0.1, -0.05) is 24.8 Å². The second kappa shape index (κ2) is 9.05. The van der Waals surface area contributed by atoms with Gasteiger partial charge in [0.2, 0.25) is 0 Å². The van der Waals surface area contributed by atoms with Crippen LogP contribution in [0.4, 0.5) is 4.39 Å². The predicted octanol–water partition coefficient (Wildman–Crippen LogP) is 1.51. The molecule has 1 aromatic rings. The standard InChI is InChI=1S/C17H24FN5O2/c1-13(21-22(2)12-14-5-3-4-6-16(14)24)20-11-15(18)17(19)23-7-9-25-10-8-23/h3-6,11,19-21,24H,1,7-10,12H2,2H3. The van der Waals surface area contributed by atoms with E-state index in [0.29, 0.717) is 38.7 Å². The van der Waals surface area contributed by atoms with Crippen LogP contribution in [0.5, 0.6) is 5.75 Å². The number of phenolic OH excluding ortho intramolecular Hbond substituents is 1. The van der Waals surface area contributed by atoms with Crippen molar-refractivity contribution < 1.29 is 14.2 Å². The molecule has 2 rings (SSSR count). The van der Waals surface area contributed by atoms with Gasteiger partial charge >= 0.3 is 0 Å². The third-order valence-corrected chi connectivity index (χ3v) is 3.65. The lowest BCUT2D eigenvalue weighted by Crippen LogP contribution is -2.41. The normalized spacial score (nSPS) is 15.2. The van der Waals surface area contributed by atoms with Crippen molar-refractivity contribution in [1.29, 1.82) is 5.41 Å². The van der Waals surface area contributed by atoms with Crippen LogP contribution < -0.4 is 10.7 Å². The van der Waals surface area contributed by atoms with Crippen molar-refractivity contribution in [2.45, 2.75) is 6.54 Å². The summed E-state index contributed by atoms with van der Waals surface area (Å²) in [5.74, 6) is -0.290. The van der Waals surface area contributed by atoms with Gasteiger partial charge in [0, 0.05) is 38.4 Å². The molecule has 1 fully saturated rings. The monoisotopic (exact) mass is 349 g/mol. The number of morpholine rings is 1. The first-order valence-corrected chi connectivity index (χ1v) is 7.94. The molecule has 7 nitrogen and oxygen atoms in total. The topological polar surface area (TPSA) is 83.9 Å². The molecule has 0 aliphatic carbocycles. The largest absolute Gasteiger partial charge is 0.508 e. The minimum absolute atomic E-state index is 0.175. The maximum Gasteiger partial charge on any atom is 0.180 e. The average Bonchev–Trinajstić information content (AvgIpc) is 2.61. The number of phenols is 1. The molecule has 0 unspecified atom stereocenters. The molecular formula is C17H24FN5O2. The van der Waals surface area contributed by atoms with Gasteiger partial charge in [-0.3, -0.25) is 5.41 Å². The zero-order chi connectivity index (χ0) is 18.2. The molecule has 1 aromatic carbocycles. The third-order valence-electron chi connectivity index (χ3n) is 3.65. The molecule has 1 aliphatic rings. The third kappa shape index (κ3) is 5.77. The first-order valence-electron chi connectivity index (χ1n) is 7.94. The molecule has 0 saturated carbocycles. The highest BCUT2D eigenvalue weighted by Crippen LogP contribution is 2.16. The number of hydrogen-bond donors (Lipinski definition) is 4. The molecule has 0 bridgehead atoms. The van der Waals surface area contributed by atoms with E-state index in [9.17, 15) is 9.50 Å². The van der Waals surface area contributed by atoms with Crippen molar-refractivity contribution in [3.63, 3.8) is 0 Å². The summed E-state index contributed by atoms with van der Waals surface area (Å²) in [6.45, 7) is 6.19. The highest BCUT2D eigenvalue weighted by molar-refractivity contribution is 5.93. The number of hydrazine groups is 1. The number of nitrogens with zero attached hydrogens (tertiary/aromatic N) is 2. The van der Waals surface area contributed by atoms with E-state index in [-0.39, 0.29) is 11.6 Å². The quantitative estimate of drug-likeness (QED) is 0.339. The number of rotatable bonds is 7. The number of aromatic hydroxyl groups is 1. The fourth-order valence-corrected chi connectivity index (χ4v) is 2.36. The fraction of sp³-hybridized carbons (Fsp3) is 0.353. The van der Waals surface area contributed by atoms with Crippen LogP contribution in [0.15, 0.2) is 48.7 Å². The van der Waals surface area contributed by atoms with Crippen LogP contribution in [0.25, 0.3) is 0 Å². The summed E-state index contributed by atoms with van der Waals surface area (Å²) in [4.78, 5) is 1.62. The van der Waals surface area contributed by atoms with Crippen molar-refractivity contribution in [2.75, 3.05) is 33.4 Å². The van der Waals surface area contributed by atoms with Gasteiger partial charge in [-0.15, -0.1) is 0 Å². The lowest BCUT2D eigenvalue weighted by Gasteiger charge is -2.28. The van der Waals surface area contributed by atoms with E-state index >= 15 is 0 Å². The molecule has 136 valence electrons. The smallest absolute Gasteiger partial charge is 0.180 e. The number of amidine groups is 1. The Labute approximate surface area is 146 Å². The summed E-state index contributed by atoms with van der Waals surface area (Å²) in [6, 6.07) is 7.02. The zero-order valence-corrected chi connectivity index (χ0v) is 14.3. The number of benzene rings is 1. The van der Waals surface area contributed by atoms with E-state index < -0.39 is 5.83 Å². The number of para-hydroxylation sites is 1. The van der Waals surface area contributed by atoms with Crippen molar-refractivity contribution in [3.8, 4) is 5.75 Å². The summed E-state index contributed by atoms with van der Waals surface area (Å²) in [6.07, 6.45) is 1.10. The van der Waals surface area contributed by atoms with Crippen molar-refractivity contribution in [3.05, 3.63) is 54.3 Å². The molecule has 0 radical (unpaired) electrons. The Morgan fingerprint density at radius 1 is 1.44 bits per heavy atom. The Kier molecular flexibility index (Phi) is 6.79. The molecule has 25 heavy (non-hydrogen) atoms. The van der Waals surface area contributed by atoms with E-state index in [1.165, 1.54) is 0 Å². The van der Waals surface area contributed by atoms with Crippen LogP contribution in [0, 0.1) is 5.41 Å². The van der Waals surface area contributed by atoms with Crippen LogP contribution in [-0.4, -0.2) is 54.2 Å². The molecule has 1 saturated heterocycles. The zero-order valence-electron chi connectivity index (χ0n) is 14.3. The van der Waals surface area contributed by atoms with Gasteiger partial charge < -0.3 is 25.5 Å². The van der Waals surface area contributed by atoms with Gasteiger partial charge in [0.05, 0.1) is 13.2 Å². The highest BCUT2D eigenvalue weighted by atomic mass is 19.1. The molecule has 0 atom stereocenters. The van der Waals surface area contributed by atoms with Crippen molar-refractivity contribution in [2.24, 2.45) is 0 Å². The SMILES string of the molecule is C=C(NC=C(F)C(=N)N1CCOCC1)NN(C)Cc1ccccc1O. The Morgan fingerprint density at radius 3 is 2.80 bits per heavy atom. The minimum Gasteiger partial charge on any atom is -0.508 e. The van der Waals surface area contributed by atoms with E-state index in [0.717, 1.165) is 11.8 Å². The van der Waals surface area contributed by atoms with E-state index in [2.05, 4.69) is 17.3 Å². The first kappa shape index (κ1) is 18.8. The second-order valence-corrected chi connectivity index (χ2v) is 5.66.